The summed E-state index contributed by atoms with van der Waals surface area (Å²) in [4.78, 5) is 0. The Bertz CT molecular complexity index is 187. The second-order valence-corrected chi connectivity index (χ2v) is 2.02. The molecule has 0 amide bonds. The molecular weight excluding hydrogens is 124 g/mol. The molecule has 54 valence electrons. The standard InChI is InChI=1S/C8H12N2/c1-2-3-6-9-10-7-4-5-8-10/h2-5,7-9H,6H2,1H3/b3-2+. The summed E-state index contributed by atoms with van der Waals surface area (Å²) in [6.45, 7) is 2.89. The van der Waals surface area contributed by atoms with E-state index in [1.807, 2.05) is 42.2 Å². The van der Waals surface area contributed by atoms with Gasteiger partial charge in [0.2, 0.25) is 0 Å². The second kappa shape index (κ2) is 3.77. The van der Waals surface area contributed by atoms with E-state index >= 15 is 0 Å². The lowest BCUT2D eigenvalue weighted by atomic mass is 10.5. The monoisotopic (exact) mass is 136 g/mol. The molecule has 0 spiro atoms. The zero-order chi connectivity index (χ0) is 7.23. The van der Waals surface area contributed by atoms with Crippen LogP contribution in [0.25, 0.3) is 0 Å². The predicted molar refractivity (Wildman–Crippen MR) is 43.5 cm³/mol. The molecule has 2 nitrogen and oxygen atoms in total. The molecular formula is C8H12N2. The normalized spacial score (nSPS) is 10.5. The lowest BCUT2D eigenvalue weighted by Gasteiger charge is -2.02. The fraction of sp³-hybridized carbons (Fsp3) is 0.250. The van der Waals surface area contributed by atoms with Crippen LogP contribution in [0.3, 0.4) is 0 Å². The van der Waals surface area contributed by atoms with Crippen molar-refractivity contribution >= 4 is 0 Å². The molecule has 0 saturated carbocycles. The molecule has 0 aliphatic carbocycles. The summed E-state index contributed by atoms with van der Waals surface area (Å²) in [7, 11) is 0. The van der Waals surface area contributed by atoms with E-state index in [-0.39, 0.29) is 0 Å². The average Bonchev–Trinajstić information content (AvgIpc) is 2.41. The molecule has 0 atom stereocenters. The van der Waals surface area contributed by atoms with Crippen molar-refractivity contribution in [3.8, 4) is 0 Å². The molecule has 1 aromatic heterocycles. The van der Waals surface area contributed by atoms with Gasteiger partial charge in [-0.3, -0.25) is 4.68 Å². The van der Waals surface area contributed by atoms with Crippen LogP contribution in [-0.4, -0.2) is 11.2 Å². The number of rotatable bonds is 3. The van der Waals surface area contributed by atoms with E-state index < -0.39 is 0 Å². The van der Waals surface area contributed by atoms with Crippen LogP contribution in [-0.2, 0) is 0 Å². The van der Waals surface area contributed by atoms with E-state index in [2.05, 4.69) is 11.5 Å². The van der Waals surface area contributed by atoms with E-state index in [0.717, 1.165) is 6.54 Å². The highest BCUT2D eigenvalue weighted by molar-refractivity contribution is 4.95. The Morgan fingerprint density at radius 2 is 2.10 bits per heavy atom. The first-order chi connectivity index (χ1) is 4.93. The van der Waals surface area contributed by atoms with Gasteiger partial charge in [-0.15, -0.1) is 0 Å². The van der Waals surface area contributed by atoms with Crippen molar-refractivity contribution in [3.63, 3.8) is 0 Å². The highest BCUT2D eigenvalue weighted by Gasteiger charge is 1.79. The van der Waals surface area contributed by atoms with Crippen LogP contribution >= 0.6 is 0 Å². The van der Waals surface area contributed by atoms with Gasteiger partial charge >= 0.3 is 0 Å². The lowest BCUT2D eigenvalue weighted by molar-refractivity contribution is 0.898. The molecule has 0 saturated heterocycles. The average molecular weight is 136 g/mol. The third kappa shape index (κ3) is 1.97. The molecule has 0 bridgehead atoms. The fourth-order valence-electron chi connectivity index (χ4n) is 0.716. The summed E-state index contributed by atoms with van der Waals surface area (Å²) in [5, 5.41) is 0. The summed E-state index contributed by atoms with van der Waals surface area (Å²) in [5.41, 5.74) is 3.16. The van der Waals surface area contributed by atoms with Crippen LogP contribution in [0.2, 0.25) is 0 Å². The maximum Gasteiger partial charge on any atom is 0.0494 e. The van der Waals surface area contributed by atoms with Gasteiger partial charge in [-0.05, 0) is 19.1 Å². The minimum Gasteiger partial charge on any atom is -0.323 e. The minimum atomic E-state index is 0.880. The predicted octanol–water partition coefficient (Wildman–Crippen LogP) is 1.61. The Kier molecular flexibility index (Phi) is 2.62. The first kappa shape index (κ1) is 6.93. The van der Waals surface area contributed by atoms with Crippen LogP contribution in [0.4, 0.5) is 0 Å². The molecule has 1 heterocycles. The third-order valence-corrected chi connectivity index (χ3v) is 1.23. The van der Waals surface area contributed by atoms with E-state index in [1.54, 1.807) is 0 Å². The summed E-state index contributed by atoms with van der Waals surface area (Å²) in [6, 6.07) is 3.98. The zero-order valence-electron chi connectivity index (χ0n) is 6.12. The minimum absolute atomic E-state index is 0.880. The van der Waals surface area contributed by atoms with Gasteiger partial charge in [0, 0.05) is 18.9 Å². The number of aromatic nitrogens is 1. The molecule has 0 fully saturated rings. The SMILES string of the molecule is C/C=C/CNn1cccc1. The molecule has 1 N–H and O–H groups in total. The van der Waals surface area contributed by atoms with Crippen LogP contribution in [0.15, 0.2) is 36.7 Å². The Balaban J connectivity index is 2.28. The maximum absolute atomic E-state index is 3.16. The molecule has 0 aromatic carbocycles. The summed E-state index contributed by atoms with van der Waals surface area (Å²) in [5.74, 6) is 0. The summed E-state index contributed by atoms with van der Waals surface area (Å²) in [6.07, 6.45) is 8.05. The first-order valence-corrected chi connectivity index (χ1v) is 3.41. The molecule has 0 aliphatic rings. The Morgan fingerprint density at radius 1 is 1.40 bits per heavy atom. The first-order valence-electron chi connectivity index (χ1n) is 3.41. The molecule has 0 aliphatic heterocycles. The maximum atomic E-state index is 3.16. The van der Waals surface area contributed by atoms with Crippen molar-refractivity contribution in [1.82, 2.24) is 4.68 Å². The van der Waals surface area contributed by atoms with Gasteiger partial charge in [-0.1, -0.05) is 12.2 Å². The van der Waals surface area contributed by atoms with Gasteiger partial charge < -0.3 is 5.43 Å². The van der Waals surface area contributed by atoms with Crippen LogP contribution in [0.1, 0.15) is 6.92 Å². The van der Waals surface area contributed by atoms with Crippen molar-refractivity contribution in [2.24, 2.45) is 0 Å². The van der Waals surface area contributed by atoms with Crippen molar-refractivity contribution < 1.29 is 0 Å². The van der Waals surface area contributed by atoms with Gasteiger partial charge in [-0.2, -0.15) is 0 Å². The third-order valence-electron chi connectivity index (χ3n) is 1.23. The van der Waals surface area contributed by atoms with E-state index in [4.69, 9.17) is 0 Å². The highest BCUT2D eigenvalue weighted by atomic mass is 15.4. The number of nitrogens with zero attached hydrogens (tertiary/aromatic N) is 1. The quantitative estimate of drug-likeness (QED) is 0.625. The van der Waals surface area contributed by atoms with E-state index in [1.165, 1.54) is 0 Å². The molecule has 2 heteroatoms. The molecule has 0 radical (unpaired) electrons. The number of nitrogens with one attached hydrogen (secondary N) is 1. The molecule has 10 heavy (non-hydrogen) atoms. The Labute approximate surface area is 61.1 Å². The fourth-order valence-corrected chi connectivity index (χ4v) is 0.716. The smallest absolute Gasteiger partial charge is 0.0494 e. The van der Waals surface area contributed by atoms with Gasteiger partial charge in [0.1, 0.15) is 0 Å². The van der Waals surface area contributed by atoms with Crippen LogP contribution in [0, 0.1) is 0 Å². The topological polar surface area (TPSA) is 17.0 Å². The van der Waals surface area contributed by atoms with E-state index in [9.17, 15) is 0 Å². The zero-order valence-corrected chi connectivity index (χ0v) is 6.12. The summed E-state index contributed by atoms with van der Waals surface area (Å²) < 4.78 is 1.93. The molecule has 1 rings (SSSR count). The highest BCUT2D eigenvalue weighted by Crippen LogP contribution is 1.83. The van der Waals surface area contributed by atoms with Crippen molar-refractivity contribution in [3.05, 3.63) is 36.7 Å². The Morgan fingerprint density at radius 3 is 2.70 bits per heavy atom. The van der Waals surface area contributed by atoms with Crippen LogP contribution < -0.4 is 5.43 Å². The molecule has 1 aromatic rings. The Hall–Kier alpha value is -1.18. The van der Waals surface area contributed by atoms with Gasteiger partial charge in [0.15, 0.2) is 0 Å². The molecule has 0 unspecified atom stereocenters. The largest absolute Gasteiger partial charge is 0.323 e. The number of hydrogen-bond donors (Lipinski definition) is 1. The lowest BCUT2D eigenvalue weighted by Crippen LogP contribution is -2.11. The summed E-state index contributed by atoms with van der Waals surface area (Å²) >= 11 is 0. The van der Waals surface area contributed by atoms with Crippen molar-refractivity contribution in [2.45, 2.75) is 6.92 Å². The number of hydrogen-bond acceptors (Lipinski definition) is 1. The van der Waals surface area contributed by atoms with E-state index in [0.29, 0.717) is 0 Å². The van der Waals surface area contributed by atoms with Gasteiger partial charge in [0.25, 0.3) is 0 Å². The van der Waals surface area contributed by atoms with Crippen LogP contribution in [0.5, 0.6) is 0 Å². The van der Waals surface area contributed by atoms with Gasteiger partial charge in [0.05, 0.1) is 0 Å². The van der Waals surface area contributed by atoms with Gasteiger partial charge in [-0.25, -0.2) is 0 Å². The van der Waals surface area contributed by atoms with Crippen molar-refractivity contribution in [2.75, 3.05) is 12.0 Å². The number of allylic oxidation sites excluding steroid dienone is 1. The second-order valence-electron chi connectivity index (χ2n) is 2.02. The van der Waals surface area contributed by atoms with Crippen molar-refractivity contribution in [1.29, 1.82) is 0 Å².